The van der Waals surface area contributed by atoms with Crippen LogP contribution in [-0.2, 0) is 6.61 Å². The average Bonchev–Trinajstić information content (AvgIpc) is 2.38. The van der Waals surface area contributed by atoms with Gasteiger partial charge in [0.1, 0.15) is 6.61 Å². The van der Waals surface area contributed by atoms with E-state index in [-0.39, 0.29) is 18.1 Å². The number of carbonyl (C=O) groups is 1. The number of hydrogen-bond acceptors (Lipinski definition) is 4. The maximum atomic E-state index is 10.9. The number of H-pyrrole nitrogens is 1. The summed E-state index contributed by atoms with van der Waals surface area (Å²) in [4.78, 5) is 27.4. The van der Waals surface area contributed by atoms with Crippen LogP contribution in [-0.4, -0.2) is 21.0 Å². The molecule has 0 aliphatic heterocycles. The molecule has 92 valence electrons. The van der Waals surface area contributed by atoms with E-state index >= 15 is 0 Å². The summed E-state index contributed by atoms with van der Waals surface area (Å²) in [6.45, 7) is 0.203. The van der Waals surface area contributed by atoms with Gasteiger partial charge < -0.3 is 9.84 Å². The number of benzene rings is 1. The number of carboxylic acids is 1. The maximum absolute atomic E-state index is 10.9. The van der Waals surface area contributed by atoms with Crippen LogP contribution < -0.4 is 10.4 Å². The molecule has 0 amide bonds. The highest BCUT2D eigenvalue weighted by Crippen LogP contribution is 2.14. The van der Waals surface area contributed by atoms with E-state index in [1.54, 1.807) is 0 Å². The zero-order valence-electron chi connectivity index (χ0n) is 9.29. The van der Waals surface area contributed by atoms with E-state index in [1.165, 1.54) is 0 Å². The van der Waals surface area contributed by atoms with E-state index in [0.29, 0.717) is 0 Å². The van der Waals surface area contributed by atoms with Crippen LogP contribution in [0.3, 0.4) is 0 Å². The molecule has 0 unspecified atom stereocenters. The van der Waals surface area contributed by atoms with E-state index in [4.69, 9.17) is 9.84 Å². The van der Waals surface area contributed by atoms with Gasteiger partial charge in [-0.05, 0) is 5.56 Å². The minimum absolute atomic E-state index is 0.0333. The standard InChI is InChI=1S/C12H10N2O4/c15-11(16)10-9(6-13-12(17)14-10)18-7-8-4-2-1-3-5-8/h1-6H,7H2,(H,15,16)(H,13,14,17). The zero-order chi connectivity index (χ0) is 13.0. The van der Waals surface area contributed by atoms with Gasteiger partial charge in [0.05, 0.1) is 6.20 Å². The second-order valence-electron chi connectivity index (χ2n) is 3.51. The molecular formula is C12H10N2O4. The Morgan fingerprint density at radius 1 is 1.33 bits per heavy atom. The predicted octanol–water partition coefficient (Wildman–Crippen LogP) is 1.05. The Bertz CT molecular complexity index is 607. The van der Waals surface area contributed by atoms with Gasteiger partial charge in [-0.15, -0.1) is 0 Å². The molecule has 1 heterocycles. The highest BCUT2D eigenvalue weighted by atomic mass is 16.5. The lowest BCUT2D eigenvalue weighted by molar-refractivity contribution is 0.0684. The zero-order valence-corrected chi connectivity index (χ0v) is 9.29. The van der Waals surface area contributed by atoms with Crippen molar-refractivity contribution in [2.24, 2.45) is 0 Å². The van der Waals surface area contributed by atoms with Crippen LogP contribution in [0.5, 0.6) is 5.75 Å². The van der Waals surface area contributed by atoms with E-state index in [2.05, 4.69) is 9.97 Å². The van der Waals surface area contributed by atoms with Crippen LogP contribution in [0.4, 0.5) is 0 Å². The summed E-state index contributed by atoms with van der Waals surface area (Å²) >= 11 is 0. The number of rotatable bonds is 4. The lowest BCUT2D eigenvalue weighted by atomic mass is 10.2. The molecule has 0 saturated carbocycles. The van der Waals surface area contributed by atoms with Gasteiger partial charge >= 0.3 is 11.7 Å². The van der Waals surface area contributed by atoms with Gasteiger partial charge in [-0.3, -0.25) is 4.98 Å². The highest BCUT2D eigenvalue weighted by Gasteiger charge is 2.13. The molecule has 2 aromatic rings. The summed E-state index contributed by atoms with van der Waals surface area (Å²) in [6.07, 6.45) is 1.10. The molecule has 1 aromatic heterocycles. The first-order chi connectivity index (χ1) is 8.66. The molecule has 6 heteroatoms. The third kappa shape index (κ3) is 2.73. The summed E-state index contributed by atoms with van der Waals surface area (Å²) in [5.41, 5.74) is -0.134. The van der Waals surface area contributed by atoms with Crippen LogP contribution in [0.25, 0.3) is 0 Å². The number of hydrogen-bond donors (Lipinski definition) is 2. The average molecular weight is 246 g/mol. The van der Waals surface area contributed by atoms with Crippen LogP contribution in [0.1, 0.15) is 16.1 Å². The van der Waals surface area contributed by atoms with E-state index < -0.39 is 11.7 Å². The Morgan fingerprint density at radius 3 is 2.72 bits per heavy atom. The Kier molecular flexibility index (Phi) is 3.38. The molecule has 18 heavy (non-hydrogen) atoms. The van der Waals surface area contributed by atoms with Crippen molar-refractivity contribution in [2.75, 3.05) is 0 Å². The molecule has 0 saturated heterocycles. The van der Waals surface area contributed by atoms with Gasteiger partial charge in [-0.25, -0.2) is 9.59 Å². The molecule has 2 rings (SSSR count). The first-order valence-electron chi connectivity index (χ1n) is 5.16. The third-order valence-corrected chi connectivity index (χ3v) is 2.23. The van der Waals surface area contributed by atoms with Gasteiger partial charge in [0.25, 0.3) is 0 Å². The van der Waals surface area contributed by atoms with Crippen LogP contribution >= 0.6 is 0 Å². The van der Waals surface area contributed by atoms with Crippen molar-refractivity contribution < 1.29 is 14.6 Å². The van der Waals surface area contributed by atoms with Gasteiger partial charge in [0.2, 0.25) is 0 Å². The normalized spacial score (nSPS) is 10.0. The van der Waals surface area contributed by atoms with Crippen LogP contribution in [0, 0.1) is 0 Å². The van der Waals surface area contributed by atoms with Gasteiger partial charge in [-0.2, -0.15) is 4.98 Å². The fourth-order valence-electron chi connectivity index (χ4n) is 1.39. The van der Waals surface area contributed by atoms with Crippen molar-refractivity contribution in [3.05, 3.63) is 58.3 Å². The Balaban J connectivity index is 2.19. The smallest absolute Gasteiger partial charge is 0.356 e. The fourth-order valence-corrected chi connectivity index (χ4v) is 1.39. The minimum atomic E-state index is -1.27. The Morgan fingerprint density at radius 2 is 2.06 bits per heavy atom. The molecular weight excluding hydrogens is 236 g/mol. The largest absolute Gasteiger partial charge is 0.485 e. The number of carboxylic acid groups (broad SMARTS) is 1. The first kappa shape index (κ1) is 11.8. The van der Waals surface area contributed by atoms with Crippen molar-refractivity contribution in [1.29, 1.82) is 0 Å². The van der Waals surface area contributed by atoms with Crippen LogP contribution in [0.2, 0.25) is 0 Å². The first-order valence-corrected chi connectivity index (χ1v) is 5.16. The lowest BCUT2D eigenvalue weighted by Crippen LogP contribution is -2.17. The summed E-state index contributed by atoms with van der Waals surface area (Å²) in [5.74, 6) is -1.23. The molecule has 0 atom stereocenters. The van der Waals surface area contributed by atoms with E-state index in [9.17, 15) is 9.59 Å². The number of aromatic carboxylic acids is 1. The van der Waals surface area contributed by atoms with Gasteiger partial charge in [-0.1, -0.05) is 30.3 Å². The molecule has 0 aliphatic carbocycles. The third-order valence-electron chi connectivity index (χ3n) is 2.23. The molecule has 2 N–H and O–H groups in total. The summed E-state index contributed by atoms with van der Waals surface area (Å²) < 4.78 is 5.33. The molecule has 0 radical (unpaired) electrons. The Hall–Kier alpha value is -2.63. The van der Waals surface area contributed by atoms with Crippen molar-refractivity contribution >= 4 is 5.97 Å². The minimum Gasteiger partial charge on any atom is -0.485 e. The second-order valence-corrected chi connectivity index (χ2v) is 3.51. The van der Waals surface area contributed by atoms with Crippen molar-refractivity contribution in [1.82, 2.24) is 9.97 Å². The molecule has 0 bridgehead atoms. The van der Waals surface area contributed by atoms with Crippen molar-refractivity contribution in [3.63, 3.8) is 0 Å². The van der Waals surface area contributed by atoms with Gasteiger partial charge in [0, 0.05) is 0 Å². The summed E-state index contributed by atoms with van der Waals surface area (Å²) in [7, 11) is 0. The van der Waals surface area contributed by atoms with Crippen molar-refractivity contribution in [3.8, 4) is 5.75 Å². The maximum Gasteiger partial charge on any atom is 0.356 e. The number of nitrogens with one attached hydrogen (secondary N) is 1. The quantitative estimate of drug-likeness (QED) is 0.841. The number of aromatic nitrogens is 2. The fraction of sp³-hybridized carbons (Fsp3) is 0.0833. The number of ether oxygens (including phenoxy) is 1. The number of aromatic amines is 1. The van der Waals surface area contributed by atoms with Gasteiger partial charge in [0.15, 0.2) is 11.4 Å². The topological polar surface area (TPSA) is 92.3 Å². The second kappa shape index (κ2) is 5.13. The van der Waals surface area contributed by atoms with E-state index in [1.807, 2.05) is 30.3 Å². The predicted molar refractivity (Wildman–Crippen MR) is 62.6 cm³/mol. The molecule has 0 spiro atoms. The SMILES string of the molecule is O=C(O)c1[nH]c(=O)ncc1OCc1ccccc1. The van der Waals surface area contributed by atoms with E-state index in [0.717, 1.165) is 11.8 Å². The summed E-state index contributed by atoms with van der Waals surface area (Å²) in [5, 5.41) is 8.91. The number of nitrogens with zero attached hydrogens (tertiary/aromatic N) is 1. The summed E-state index contributed by atoms with van der Waals surface area (Å²) in [6, 6.07) is 9.26. The Labute approximate surface area is 102 Å². The molecule has 0 fully saturated rings. The van der Waals surface area contributed by atoms with Crippen LogP contribution in [0.15, 0.2) is 41.3 Å². The highest BCUT2D eigenvalue weighted by molar-refractivity contribution is 5.88. The lowest BCUT2D eigenvalue weighted by Gasteiger charge is -2.07. The monoisotopic (exact) mass is 246 g/mol. The molecule has 0 aliphatic rings. The van der Waals surface area contributed by atoms with Crippen molar-refractivity contribution in [2.45, 2.75) is 6.61 Å². The molecule has 1 aromatic carbocycles. The molecule has 6 nitrogen and oxygen atoms in total.